The molecule has 0 aliphatic carbocycles. The third kappa shape index (κ3) is 7.81. The van der Waals surface area contributed by atoms with Crippen LogP contribution in [0.1, 0.15) is 13.3 Å². The average molecular weight is 258 g/mol. The van der Waals surface area contributed by atoms with Gasteiger partial charge in [0.2, 0.25) is 12.3 Å². The van der Waals surface area contributed by atoms with E-state index in [1.807, 2.05) is 6.92 Å². The summed E-state index contributed by atoms with van der Waals surface area (Å²) in [5.74, 6) is -0.444. The Labute approximate surface area is 108 Å². The first kappa shape index (κ1) is 16.6. The molecule has 0 aromatic carbocycles. The van der Waals surface area contributed by atoms with Gasteiger partial charge in [0.15, 0.2) is 0 Å². The number of nitrogens with one attached hydrogen (secondary N) is 1. The van der Waals surface area contributed by atoms with Gasteiger partial charge in [0.05, 0.1) is 6.61 Å². The summed E-state index contributed by atoms with van der Waals surface area (Å²) in [4.78, 5) is 23.1. The van der Waals surface area contributed by atoms with Gasteiger partial charge in [-0.25, -0.2) is 0 Å². The standard InChI is InChI=1S/C12H22N2O4/c1-3-6-18-9-11(8-15)7-14(10-16)5-4-12(17)13-2/h4-5,10-11,15H,3,6-9H2,1-2H3,(H,13,17)/b5-4-. The van der Waals surface area contributed by atoms with E-state index in [0.717, 1.165) is 6.42 Å². The minimum Gasteiger partial charge on any atom is -0.396 e. The summed E-state index contributed by atoms with van der Waals surface area (Å²) in [5, 5.41) is 11.6. The van der Waals surface area contributed by atoms with Crippen molar-refractivity contribution in [3.05, 3.63) is 12.3 Å². The van der Waals surface area contributed by atoms with Crippen LogP contribution in [0.5, 0.6) is 0 Å². The fourth-order valence-corrected chi connectivity index (χ4v) is 1.24. The number of carbonyl (C=O) groups excluding carboxylic acids is 2. The highest BCUT2D eigenvalue weighted by Gasteiger charge is 2.11. The molecule has 0 saturated heterocycles. The Morgan fingerprint density at radius 2 is 2.28 bits per heavy atom. The Balaban J connectivity index is 4.17. The highest BCUT2D eigenvalue weighted by atomic mass is 16.5. The van der Waals surface area contributed by atoms with Gasteiger partial charge in [-0.15, -0.1) is 0 Å². The van der Waals surface area contributed by atoms with E-state index in [9.17, 15) is 9.59 Å². The molecule has 0 aromatic rings. The summed E-state index contributed by atoms with van der Waals surface area (Å²) in [6.07, 6.45) is 4.16. The molecule has 2 N–H and O–H groups in total. The maximum Gasteiger partial charge on any atom is 0.245 e. The molecule has 0 fully saturated rings. The van der Waals surface area contributed by atoms with Crippen LogP contribution in [-0.4, -0.2) is 55.7 Å². The number of rotatable bonds is 10. The van der Waals surface area contributed by atoms with Gasteiger partial charge >= 0.3 is 0 Å². The molecule has 1 atom stereocenters. The maximum atomic E-state index is 11.0. The van der Waals surface area contributed by atoms with Crippen molar-refractivity contribution in [1.82, 2.24) is 10.2 Å². The van der Waals surface area contributed by atoms with Crippen LogP contribution in [0, 0.1) is 5.92 Å². The fourth-order valence-electron chi connectivity index (χ4n) is 1.24. The van der Waals surface area contributed by atoms with Crippen LogP contribution in [-0.2, 0) is 14.3 Å². The minimum atomic E-state index is -0.287. The van der Waals surface area contributed by atoms with Gasteiger partial charge in [-0.2, -0.15) is 0 Å². The van der Waals surface area contributed by atoms with E-state index in [1.54, 1.807) is 0 Å². The summed E-state index contributed by atoms with van der Waals surface area (Å²) < 4.78 is 5.32. The lowest BCUT2D eigenvalue weighted by Gasteiger charge is -2.19. The Bertz CT molecular complexity index is 269. The van der Waals surface area contributed by atoms with Crippen LogP contribution in [0.25, 0.3) is 0 Å². The first-order valence-electron chi connectivity index (χ1n) is 5.97. The van der Waals surface area contributed by atoms with E-state index in [2.05, 4.69) is 5.32 Å². The lowest BCUT2D eigenvalue weighted by Crippen LogP contribution is -2.29. The fraction of sp³-hybridized carbons (Fsp3) is 0.667. The summed E-state index contributed by atoms with van der Waals surface area (Å²) in [5.41, 5.74) is 0. The van der Waals surface area contributed by atoms with Crippen molar-refractivity contribution < 1.29 is 19.4 Å². The molecule has 0 aliphatic rings. The van der Waals surface area contributed by atoms with Crippen LogP contribution in [0.15, 0.2) is 12.3 Å². The maximum absolute atomic E-state index is 11.0. The molecule has 0 spiro atoms. The Kier molecular flexibility index (Phi) is 9.90. The topological polar surface area (TPSA) is 78.9 Å². The summed E-state index contributed by atoms with van der Waals surface area (Å²) in [6, 6.07) is 0. The van der Waals surface area contributed by atoms with Gasteiger partial charge in [-0.1, -0.05) is 6.92 Å². The van der Waals surface area contributed by atoms with Gasteiger partial charge in [-0.3, -0.25) is 9.59 Å². The molecule has 0 bridgehead atoms. The van der Waals surface area contributed by atoms with Crippen molar-refractivity contribution in [2.75, 3.05) is 33.4 Å². The molecule has 0 radical (unpaired) electrons. The molecule has 0 saturated carbocycles. The van der Waals surface area contributed by atoms with E-state index >= 15 is 0 Å². The minimum absolute atomic E-state index is 0.0676. The van der Waals surface area contributed by atoms with Crippen LogP contribution in [0.2, 0.25) is 0 Å². The molecular weight excluding hydrogens is 236 g/mol. The van der Waals surface area contributed by atoms with E-state index in [4.69, 9.17) is 9.84 Å². The van der Waals surface area contributed by atoms with Crippen LogP contribution >= 0.6 is 0 Å². The summed E-state index contributed by atoms with van der Waals surface area (Å²) >= 11 is 0. The molecule has 18 heavy (non-hydrogen) atoms. The van der Waals surface area contributed by atoms with Crippen molar-refractivity contribution in [3.8, 4) is 0 Å². The van der Waals surface area contributed by atoms with Crippen molar-refractivity contribution in [1.29, 1.82) is 0 Å². The monoisotopic (exact) mass is 258 g/mol. The molecular formula is C12H22N2O4. The second-order valence-corrected chi connectivity index (χ2v) is 3.86. The Morgan fingerprint density at radius 3 is 2.78 bits per heavy atom. The summed E-state index contributed by atoms with van der Waals surface area (Å²) in [6.45, 7) is 3.27. The molecule has 0 rings (SSSR count). The number of hydrogen-bond donors (Lipinski definition) is 2. The Hall–Kier alpha value is -1.40. The van der Waals surface area contributed by atoms with Crippen molar-refractivity contribution in [2.45, 2.75) is 13.3 Å². The van der Waals surface area contributed by atoms with Crippen molar-refractivity contribution >= 4 is 12.3 Å². The molecule has 6 heteroatoms. The lowest BCUT2D eigenvalue weighted by atomic mass is 10.1. The molecule has 1 unspecified atom stereocenters. The number of nitrogens with zero attached hydrogens (tertiary/aromatic N) is 1. The summed E-state index contributed by atoms with van der Waals surface area (Å²) in [7, 11) is 1.51. The first-order chi connectivity index (χ1) is 8.67. The van der Waals surface area contributed by atoms with E-state index in [1.165, 1.54) is 24.2 Å². The number of aliphatic hydroxyl groups excluding tert-OH is 1. The predicted octanol–water partition coefficient (Wildman–Crippen LogP) is -0.260. The molecule has 0 aliphatic heterocycles. The van der Waals surface area contributed by atoms with E-state index < -0.39 is 0 Å². The number of aliphatic hydroxyl groups is 1. The second kappa shape index (κ2) is 10.7. The number of amides is 2. The molecule has 0 heterocycles. The van der Waals surface area contributed by atoms with E-state index in [0.29, 0.717) is 26.2 Å². The van der Waals surface area contributed by atoms with Crippen LogP contribution in [0.3, 0.4) is 0 Å². The number of hydrogen-bond acceptors (Lipinski definition) is 4. The van der Waals surface area contributed by atoms with Crippen LogP contribution < -0.4 is 5.32 Å². The number of carbonyl (C=O) groups is 2. The number of ether oxygens (including phenoxy) is 1. The van der Waals surface area contributed by atoms with Gasteiger partial charge < -0.3 is 20.1 Å². The van der Waals surface area contributed by atoms with Crippen molar-refractivity contribution in [2.24, 2.45) is 5.92 Å². The van der Waals surface area contributed by atoms with Crippen LogP contribution in [0.4, 0.5) is 0 Å². The highest BCUT2D eigenvalue weighted by Crippen LogP contribution is 2.01. The smallest absolute Gasteiger partial charge is 0.245 e. The largest absolute Gasteiger partial charge is 0.396 e. The van der Waals surface area contributed by atoms with Gasteiger partial charge in [-0.05, 0) is 6.42 Å². The molecule has 104 valence electrons. The SMILES string of the molecule is CCCOCC(CO)CN(C=O)/C=C\C(=O)NC. The zero-order chi connectivity index (χ0) is 13.8. The molecule has 0 aromatic heterocycles. The number of likely N-dealkylation sites (N-methyl/N-ethyl adjacent to an activating group) is 1. The van der Waals surface area contributed by atoms with Gasteiger partial charge in [0.25, 0.3) is 0 Å². The van der Waals surface area contributed by atoms with Gasteiger partial charge in [0, 0.05) is 45.0 Å². The molecule has 2 amide bonds. The predicted molar refractivity (Wildman–Crippen MR) is 67.7 cm³/mol. The third-order valence-electron chi connectivity index (χ3n) is 2.23. The second-order valence-electron chi connectivity index (χ2n) is 3.86. The molecule has 6 nitrogen and oxygen atoms in total. The average Bonchev–Trinajstić information content (AvgIpc) is 2.41. The van der Waals surface area contributed by atoms with Gasteiger partial charge in [0.1, 0.15) is 0 Å². The normalized spacial score (nSPS) is 12.4. The first-order valence-corrected chi connectivity index (χ1v) is 5.97. The highest BCUT2D eigenvalue weighted by molar-refractivity contribution is 5.87. The van der Waals surface area contributed by atoms with E-state index in [-0.39, 0.29) is 18.4 Å². The zero-order valence-electron chi connectivity index (χ0n) is 11.0. The lowest BCUT2D eigenvalue weighted by molar-refractivity contribution is -0.116. The quantitative estimate of drug-likeness (QED) is 0.321. The Morgan fingerprint density at radius 1 is 1.56 bits per heavy atom. The van der Waals surface area contributed by atoms with Crippen molar-refractivity contribution in [3.63, 3.8) is 0 Å². The zero-order valence-corrected chi connectivity index (χ0v) is 11.0. The third-order valence-corrected chi connectivity index (χ3v) is 2.23.